The van der Waals surface area contributed by atoms with Crippen molar-refractivity contribution < 1.29 is 17.7 Å². The van der Waals surface area contributed by atoms with E-state index >= 15 is 0 Å². The van der Waals surface area contributed by atoms with Gasteiger partial charge in [0.05, 0.1) is 6.61 Å². The third-order valence-electron chi connectivity index (χ3n) is 2.77. The second-order valence-electron chi connectivity index (χ2n) is 4.41. The summed E-state index contributed by atoms with van der Waals surface area (Å²) in [6, 6.07) is 4.92. The molecular formula is C13H19BF3O-. The van der Waals surface area contributed by atoms with Gasteiger partial charge < -0.3 is 17.7 Å². The summed E-state index contributed by atoms with van der Waals surface area (Å²) in [5.74, 6) is 0.509. The molecular weight excluding hydrogens is 240 g/mol. The zero-order chi connectivity index (χ0) is 13.4. The number of benzene rings is 1. The number of halogens is 3. The lowest BCUT2D eigenvalue weighted by molar-refractivity contribution is 0.304. The van der Waals surface area contributed by atoms with Crippen molar-refractivity contribution >= 4 is 12.4 Å². The number of unbranched alkanes of at least 4 members (excludes halogenated alkanes) is 4. The molecule has 0 N–H and O–H groups in total. The molecule has 0 saturated heterocycles. The van der Waals surface area contributed by atoms with Gasteiger partial charge in [-0.15, -0.1) is 5.46 Å². The highest BCUT2D eigenvalue weighted by molar-refractivity contribution is 6.73. The molecule has 0 atom stereocenters. The molecule has 0 saturated carbocycles. The molecule has 0 fully saturated rings. The van der Waals surface area contributed by atoms with E-state index in [1.807, 2.05) is 0 Å². The minimum atomic E-state index is -4.90. The highest BCUT2D eigenvalue weighted by atomic mass is 19.4. The van der Waals surface area contributed by atoms with Crippen molar-refractivity contribution in [2.24, 2.45) is 0 Å². The molecule has 1 aromatic carbocycles. The summed E-state index contributed by atoms with van der Waals surface area (Å²) in [5, 5.41) is 0. The molecule has 0 radical (unpaired) electrons. The van der Waals surface area contributed by atoms with E-state index in [1.165, 1.54) is 31.4 Å². The van der Waals surface area contributed by atoms with Gasteiger partial charge in [-0.2, -0.15) is 0 Å². The minimum absolute atomic E-state index is 0.509. The number of hydrogen-bond donors (Lipinski definition) is 0. The molecule has 0 bridgehead atoms. The van der Waals surface area contributed by atoms with Gasteiger partial charge in [0.15, 0.2) is 0 Å². The summed E-state index contributed by atoms with van der Waals surface area (Å²) < 4.78 is 42.5. The first-order chi connectivity index (χ1) is 8.54. The zero-order valence-electron chi connectivity index (χ0n) is 10.7. The Morgan fingerprint density at radius 3 is 2.11 bits per heavy atom. The van der Waals surface area contributed by atoms with Gasteiger partial charge in [-0.3, -0.25) is 0 Å². The molecule has 5 heteroatoms. The zero-order valence-corrected chi connectivity index (χ0v) is 10.7. The van der Waals surface area contributed by atoms with E-state index in [1.54, 1.807) is 0 Å². The van der Waals surface area contributed by atoms with Crippen LogP contribution in [0.4, 0.5) is 12.9 Å². The van der Waals surface area contributed by atoms with Gasteiger partial charge in [0.2, 0.25) is 0 Å². The van der Waals surface area contributed by atoms with Gasteiger partial charge in [-0.05, 0) is 18.6 Å². The SMILES string of the molecule is CCCCCCCOc1ccc([B-](F)(F)F)cc1. The fourth-order valence-corrected chi connectivity index (χ4v) is 1.68. The Kier molecular flexibility index (Phi) is 6.09. The van der Waals surface area contributed by atoms with Crippen molar-refractivity contribution in [2.75, 3.05) is 6.61 Å². The predicted molar refractivity (Wildman–Crippen MR) is 69.4 cm³/mol. The van der Waals surface area contributed by atoms with Crippen molar-refractivity contribution in [1.82, 2.24) is 0 Å². The van der Waals surface area contributed by atoms with E-state index in [0.29, 0.717) is 12.4 Å². The first kappa shape index (κ1) is 14.9. The van der Waals surface area contributed by atoms with Crippen LogP contribution in [0.25, 0.3) is 0 Å². The third kappa shape index (κ3) is 5.47. The maximum absolute atomic E-state index is 12.4. The minimum Gasteiger partial charge on any atom is -0.494 e. The van der Waals surface area contributed by atoms with E-state index in [9.17, 15) is 12.9 Å². The summed E-state index contributed by atoms with van der Waals surface area (Å²) in [6.45, 7) is -2.18. The van der Waals surface area contributed by atoms with Crippen molar-refractivity contribution in [3.05, 3.63) is 24.3 Å². The predicted octanol–water partition coefficient (Wildman–Crippen LogP) is 4.09. The summed E-state index contributed by atoms with van der Waals surface area (Å²) in [4.78, 5) is 0. The normalized spacial score (nSPS) is 11.6. The third-order valence-corrected chi connectivity index (χ3v) is 2.77. The van der Waals surface area contributed by atoms with Crippen LogP contribution in [0.1, 0.15) is 39.0 Å². The molecule has 0 aliphatic heterocycles. The Bertz CT molecular complexity index is 335. The molecule has 0 aliphatic rings. The van der Waals surface area contributed by atoms with Crippen molar-refractivity contribution in [2.45, 2.75) is 39.0 Å². The molecule has 18 heavy (non-hydrogen) atoms. The summed E-state index contributed by atoms with van der Waals surface area (Å²) in [6.07, 6.45) is 5.67. The van der Waals surface area contributed by atoms with Crippen LogP contribution in [0.3, 0.4) is 0 Å². The van der Waals surface area contributed by atoms with Crippen LogP contribution in [0, 0.1) is 0 Å². The van der Waals surface area contributed by atoms with E-state index in [4.69, 9.17) is 4.74 Å². The van der Waals surface area contributed by atoms with Crippen LogP contribution in [-0.4, -0.2) is 13.6 Å². The maximum Gasteiger partial charge on any atom is 0.509 e. The first-order valence-electron chi connectivity index (χ1n) is 6.46. The van der Waals surface area contributed by atoms with Crippen molar-refractivity contribution in [3.8, 4) is 5.75 Å². The standard InChI is InChI=1S/C13H19BF3O/c1-2-3-4-5-6-11-18-13-9-7-12(8-10-13)14(15,16)17/h7-10H,2-6,11H2,1H3/q-1. The van der Waals surface area contributed by atoms with Gasteiger partial charge in [-0.1, -0.05) is 44.7 Å². The Morgan fingerprint density at radius 2 is 1.56 bits per heavy atom. The van der Waals surface area contributed by atoms with Crippen LogP contribution >= 0.6 is 0 Å². The molecule has 0 aromatic heterocycles. The van der Waals surface area contributed by atoms with Crippen LogP contribution in [-0.2, 0) is 0 Å². The van der Waals surface area contributed by atoms with Crippen LogP contribution < -0.4 is 10.2 Å². The van der Waals surface area contributed by atoms with E-state index in [2.05, 4.69) is 6.92 Å². The van der Waals surface area contributed by atoms with Gasteiger partial charge in [0.1, 0.15) is 5.75 Å². The lowest BCUT2D eigenvalue weighted by atomic mass is 9.80. The van der Waals surface area contributed by atoms with E-state index in [-0.39, 0.29) is 0 Å². The Morgan fingerprint density at radius 1 is 0.944 bits per heavy atom. The summed E-state index contributed by atoms with van der Waals surface area (Å²) in [5.41, 5.74) is -0.578. The number of hydrogen-bond acceptors (Lipinski definition) is 1. The average Bonchev–Trinajstić information content (AvgIpc) is 2.33. The van der Waals surface area contributed by atoms with Crippen LogP contribution in [0.15, 0.2) is 24.3 Å². The molecule has 0 unspecified atom stereocenters. The Labute approximate surface area is 106 Å². The van der Waals surface area contributed by atoms with Gasteiger partial charge in [0.25, 0.3) is 0 Å². The Balaban J connectivity index is 2.27. The van der Waals surface area contributed by atoms with Gasteiger partial charge in [0, 0.05) is 0 Å². The molecule has 1 nitrogen and oxygen atoms in total. The highest BCUT2D eigenvalue weighted by Crippen LogP contribution is 2.14. The van der Waals surface area contributed by atoms with Crippen molar-refractivity contribution in [3.63, 3.8) is 0 Å². The molecule has 102 valence electrons. The smallest absolute Gasteiger partial charge is 0.494 e. The second kappa shape index (κ2) is 7.34. The lowest BCUT2D eigenvalue weighted by Gasteiger charge is -2.15. The maximum atomic E-state index is 12.4. The van der Waals surface area contributed by atoms with Crippen LogP contribution in [0.2, 0.25) is 0 Å². The second-order valence-corrected chi connectivity index (χ2v) is 4.41. The molecule has 1 aromatic rings. The molecule has 1 rings (SSSR count). The number of ether oxygens (including phenoxy) is 1. The molecule has 0 aliphatic carbocycles. The monoisotopic (exact) mass is 259 g/mol. The topological polar surface area (TPSA) is 9.23 Å². The summed E-state index contributed by atoms with van der Waals surface area (Å²) >= 11 is 0. The van der Waals surface area contributed by atoms with Gasteiger partial charge in [-0.25, -0.2) is 0 Å². The van der Waals surface area contributed by atoms with Crippen molar-refractivity contribution in [1.29, 1.82) is 0 Å². The average molecular weight is 259 g/mol. The highest BCUT2D eigenvalue weighted by Gasteiger charge is 2.24. The first-order valence-corrected chi connectivity index (χ1v) is 6.46. The molecule has 0 heterocycles. The fraction of sp³-hybridized carbons (Fsp3) is 0.538. The van der Waals surface area contributed by atoms with E-state index in [0.717, 1.165) is 25.0 Å². The van der Waals surface area contributed by atoms with Crippen LogP contribution in [0.5, 0.6) is 5.75 Å². The molecule has 0 spiro atoms. The van der Waals surface area contributed by atoms with E-state index < -0.39 is 12.4 Å². The lowest BCUT2D eigenvalue weighted by Crippen LogP contribution is -2.33. The molecule has 0 amide bonds. The summed E-state index contributed by atoms with van der Waals surface area (Å²) in [7, 11) is 0. The quantitative estimate of drug-likeness (QED) is 0.504. The number of rotatable bonds is 8. The fourth-order valence-electron chi connectivity index (χ4n) is 1.68. The Hall–Kier alpha value is -1.13. The largest absolute Gasteiger partial charge is 0.509 e. The van der Waals surface area contributed by atoms with Gasteiger partial charge >= 0.3 is 6.98 Å².